The molecule has 66 valence electrons. The lowest BCUT2D eigenvalue weighted by Crippen LogP contribution is -2.00. The van der Waals surface area contributed by atoms with E-state index < -0.39 is 0 Å². The predicted octanol–water partition coefficient (Wildman–Crippen LogP) is 2.18. The zero-order valence-electron chi connectivity index (χ0n) is 6.88. The van der Waals surface area contributed by atoms with Crippen LogP contribution in [-0.4, -0.2) is 25.7 Å². The fourth-order valence-electron chi connectivity index (χ4n) is 0.565. The van der Waals surface area contributed by atoms with Crippen molar-refractivity contribution in [3.63, 3.8) is 0 Å². The van der Waals surface area contributed by atoms with Gasteiger partial charge in [0.2, 0.25) is 0 Å². The highest BCUT2D eigenvalue weighted by atomic mass is 35.5. The van der Waals surface area contributed by atoms with E-state index in [1.54, 1.807) is 6.26 Å². The van der Waals surface area contributed by atoms with Crippen LogP contribution in [0.4, 0.5) is 0 Å². The maximum absolute atomic E-state index is 5.40. The van der Waals surface area contributed by atoms with E-state index >= 15 is 0 Å². The van der Waals surface area contributed by atoms with Crippen LogP contribution in [0, 0.1) is 0 Å². The first-order valence-electron chi connectivity index (χ1n) is 3.78. The first-order valence-corrected chi connectivity index (χ1v) is 4.31. The molecule has 2 nitrogen and oxygen atoms in total. The Morgan fingerprint density at radius 2 is 2.09 bits per heavy atom. The molecule has 0 saturated carbocycles. The second-order valence-corrected chi connectivity index (χ2v) is 2.37. The fourth-order valence-corrected chi connectivity index (χ4v) is 0.674. The van der Waals surface area contributed by atoms with Gasteiger partial charge in [-0.25, -0.2) is 0 Å². The Labute approximate surface area is 73.1 Å². The SMILES string of the molecule is C/C=C/OCCCOCCCl. The Bertz CT molecular complexity index is 94.1. The highest BCUT2D eigenvalue weighted by Gasteiger charge is 1.86. The van der Waals surface area contributed by atoms with Gasteiger partial charge >= 0.3 is 0 Å². The Morgan fingerprint density at radius 1 is 1.27 bits per heavy atom. The standard InChI is InChI=1S/C8H15ClO2/c1-2-5-10-6-3-7-11-8-4-9/h2,5H,3-4,6-8H2,1H3/b5-2+. The minimum absolute atomic E-state index is 0.565. The van der Waals surface area contributed by atoms with Gasteiger partial charge in [0, 0.05) is 18.9 Å². The second kappa shape index (κ2) is 9.79. The summed E-state index contributed by atoms with van der Waals surface area (Å²) in [6.07, 6.45) is 4.46. The number of rotatable bonds is 7. The Balaban J connectivity index is 2.79. The molecule has 0 aromatic rings. The van der Waals surface area contributed by atoms with Gasteiger partial charge in [0.15, 0.2) is 0 Å². The third kappa shape index (κ3) is 9.79. The number of alkyl halides is 1. The van der Waals surface area contributed by atoms with E-state index in [1.807, 2.05) is 13.0 Å². The molecule has 0 aliphatic heterocycles. The van der Waals surface area contributed by atoms with E-state index in [1.165, 1.54) is 0 Å². The summed E-state index contributed by atoms with van der Waals surface area (Å²) in [5, 5.41) is 0. The highest BCUT2D eigenvalue weighted by Crippen LogP contribution is 1.86. The smallest absolute Gasteiger partial charge is 0.0895 e. The van der Waals surface area contributed by atoms with Gasteiger partial charge in [0.1, 0.15) is 0 Å². The van der Waals surface area contributed by atoms with Crippen molar-refractivity contribution in [1.29, 1.82) is 0 Å². The van der Waals surface area contributed by atoms with Gasteiger partial charge in [-0.05, 0) is 6.92 Å². The summed E-state index contributed by atoms with van der Waals surface area (Å²) in [5.74, 6) is 0.565. The van der Waals surface area contributed by atoms with E-state index in [9.17, 15) is 0 Å². The fraction of sp³-hybridized carbons (Fsp3) is 0.750. The van der Waals surface area contributed by atoms with Crippen LogP contribution in [0.5, 0.6) is 0 Å². The van der Waals surface area contributed by atoms with Crippen molar-refractivity contribution in [2.24, 2.45) is 0 Å². The molecular weight excluding hydrogens is 164 g/mol. The van der Waals surface area contributed by atoms with Crippen molar-refractivity contribution in [2.75, 3.05) is 25.7 Å². The first-order chi connectivity index (χ1) is 5.41. The summed E-state index contributed by atoms with van der Waals surface area (Å²) in [7, 11) is 0. The van der Waals surface area contributed by atoms with E-state index in [0.29, 0.717) is 19.1 Å². The molecule has 0 spiro atoms. The van der Waals surface area contributed by atoms with Crippen LogP contribution in [0.25, 0.3) is 0 Å². The van der Waals surface area contributed by atoms with Crippen LogP contribution in [0.15, 0.2) is 12.3 Å². The first kappa shape index (κ1) is 10.8. The minimum atomic E-state index is 0.565. The molecule has 0 N–H and O–H groups in total. The molecular formula is C8H15ClO2. The van der Waals surface area contributed by atoms with Crippen LogP contribution in [0.3, 0.4) is 0 Å². The molecule has 0 radical (unpaired) electrons. The van der Waals surface area contributed by atoms with Crippen LogP contribution in [-0.2, 0) is 9.47 Å². The summed E-state index contributed by atoms with van der Waals surface area (Å²) >= 11 is 5.40. The molecule has 0 unspecified atom stereocenters. The second-order valence-electron chi connectivity index (χ2n) is 2.00. The molecule has 0 aromatic heterocycles. The van der Waals surface area contributed by atoms with E-state index in [0.717, 1.165) is 13.0 Å². The summed E-state index contributed by atoms with van der Waals surface area (Å²) in [4.78, 5) is 0. The van der Waals surface area contributed by atoms with E-state index in [4.69, 9.17) is 21.1 Å². The van der Waals surface area contributed by atoms with E-state index in [-0.39, 0.29) is 0 Å². The molecule has 0 aromatic carbocycles. The summed E-state index contributed by atoms with van der Waals surface area (Å²) in [6, 6.07) is 0. The number of halogens is 1. The number of allylic oxidation sites excluding steroid dienone is 1. The molecule has 0 saturated heterocycles. The maximum Gasteiger partial charge on any atom is 0.0895 e. The summed E-state index contributed by atoms with van der Waals surface area (Å²) in [5.41, 5.74) is 0. The lowest BCUT2D eigenvalue weighted by molar-refractivity contribution is 0.123. The average molecular weight is 179 g/mol. The molecule has 0 amide bonds. The normalized spacial score (nSPS) is 10.7. The zero-order valence-corrected chi connectivity index (χ0v) is 7.64. The lowest BCUT2D eigenvalue weighted by Gasteiger charge is -2.01. The summed E-state index contributed by atoms with van der Waals surface area (Å²) < 4.78 is 10.2. The van der Waals surface area contributed by atoms with Gasteiger partial charge in [-0.15, -0.1) is 11.6 Å². The van der Waals surface area contributed by atoms with Crippen LogP contribution in [0.1, 0.15) is 13.3 Å². The van der Waals surface area contributed by atoms with Gasteiger partial charge < -0.3 is 9.47 Å². The maximum atomic E-state index is 5.40. The van der Waals surface area contributed by atoms with E-state index in [2.05, 4.69) is 0 Å². The highest BCUT2D eigenvalue weighted by molar-refractivity contribution is 6.17. The average Bonchev–Trinajstić information content (AvgIpc) is 2.03. The largest absolute Gasteiger partial charge is 0.501 e. The van der Waals surface area contributed by atoms with Crippen molar-refractivity contribution in [3.8, 4) is 0 Å². The molecule has 0 rings (SSSR count). The van der Waals surface area contributed by atoms with Crippen LogP contribution in [0.2, 0.25) is 0 Å². The quantitative estimate of drug-likeness (QED) is 0.338. The molecule has 3 heteroatoms. The molecule has 0 aliphatic rings. The predicted molar refractivity (Wildman–Crippen MR) is 46.9 cm³/mol. The third-order valence-corrected chi connectivity index (χ3v) is 1.16. The van der Waals surface area contributed by atoms with Crippen molar-refractivity contribution < 1.29 is 9.47 Å². The monoisotopic (exact) mass is 178 g/mol. The topological polar surface area (TPSA) is 18.5 Å². The molecule has 0 heterocycles. The van der Waals surface area contributed by atoms with Gasteiger partial charge in [-0.1, -0.05) is 6.08 Å². The minimum Gasteiger partial charge on any atom is -0.501 e. The van der Waals surface area contributed by atoms with Crippen molar-refractivity contribution in [3.05, 3.63) is 12.3 Å². The van der Waals surface area contributed by atoms with Crippen LogP contribution < -0.4 is 0 Å². The molecule has 0 aliphatic carbocycles. The van der Waals surface area contributed by atoms with Gasteiger partial charge in [0.05, 0.1) is 19.5 Å². The molecule has 0 atom stereocenters. The number of hydrogen-bond donors (Lipinski definition) is 0. The Hall–Kier alpha value is -0.210. The molecule has 0 bridgehead atoms. The Kier molecular flexibility index (Phi) is 9.60. The summed E-state index contributed by atoms with van der Waals surface area (Å²) in [6.45, 7) is 3.99. The molecule has 0 fully saturated rings. The third-order valence-electron chi connectivity index (χ3n) is 1.00. The molecule has 11 heavy (non-hydrogen) atoms. The number of ether oxygens (including phenoxy) is 2. The van der Waals surface area contributed by atoms with Crippen molar-refractivity contribution in [2.45, 2.75) is 13.3 Å². The van der Waals surface area contributed by atoms with Gasteiger partial charge in [-0.2, -0.15) is 0 Å². The number of hydrogen-bond acceptors (Lipinski definition) is 2. The van der Waals surface area contributed by atoms with Crippen molar-refractivity contribution >= 4 is 11.6 Å². The van der Waals surface area contributed by atoms with Crippen molar-refractivity contribution in [1.82, 2.24) is 0 Å². The van der Waals surface area contributed by atoms with Gasteiger partial charge in [0.25, 0.3) is 0 Å². The zero-order chi connectivity index (χ0) is 8.36. The Morgan fingerprint density at radius 3 is 2.73 bits per heavy atom. The van der Waals surface area contributed by atoms with Crippen LogP contribution >= 0.6 is 11.6 Å². The lowest BCUT2D eigenvalue weighted by atomic mass is 10.5. The van der Waals surface area contributed by atoms with Gasteiger partial charge in [-0.3, -0.25) is 0 Å².